The molecule has 1 heterocycles. The summed E-state index contributed by atoms with van der Waals surface area (Å²) >= 11 is 0. The fraction of sp³-hybridized carbons (Fsp3) is 1.00. The van der Waals surface area contributed by atoms with Gasteiger partial charge in [-0.15, -0.1) is 0 Å². The molecule has 4 heteroatoms. The van der Waals surface area contributed by atoms with Gasteiger partial charge in [0.25, 0.3) is 0 Å². The molecule has 3 atom stereocenters. The van der Waals surface area contributed by atoms with Gasteiger partial charge in [-0.3, -0.25) is 0 Å². The zero-order valence-corrected chi connectivity index (χ0v) is 10.5. The summed E-state index contributed by atoms with van der Waals surface area (Å²) in [5, 5.41) is 0. The number of methoxy groups -OCH3 is 2. The maximum absolute atomic E-state index is 5.52. The molecule has 2 fully saturated rings. The molecule has 1 saturated heterocycles. The number of hydrogen-bond donors (Lipinski definition) is 0. The highest BCUT2D eigenvalue weighted by Crippen LogP contribution is 2.40. The molecule has 3 unspecified atom stereocenters. The third kappa shape index (κ3) is 2.57. The van der Waals surface area contributed by atoms with Gasteiger partial charge in [0.15, 0.2) is 0 Å². The van der Waals surface area contributed by atoms with Gasteiger partial charge in [-0.25, -0.2) is 0 Å². The highest BCUT2D eigenvalue weighted by Gasteiger charge is 2.43. The van der Waals surface area contributed by atoms with Gasteiger partial charge in [0.05, 0.1) is 21.7 Å². The van der Waals surface area contributed by atoms with E-state index in [1.165, 1.54) is 25.3 Å². The molecule has 2 aliphatic rings. The van der Waals surface area contributed by atoms with Gasteiger partial charge in [0.2, 0.25) is 0 Å². The third-order valence-corrected chi connectivity index (χ3v) is 5.74. The van der Waals surface area contributed by atoms with Crippen LogP contribution in [-0.4, -0.2) is 41.9 Å². The van der Waals surface area contributed by atoms with Crippen LogP contribution in [0.3, 0.4) is 0 Å². The van der Waals surface area contributed by atoms with Crippen LogP contribution < -0.4 is 0 Å². The van der Waals surface area contributed by atoms with Gasteiger partial charge in [-0.05, 0) is 25.2 Å². The Kier molecular flexibility index (Phi) is 3.60. The minimum atomic E-state index is -0.224. The van der Waals surface area contributed by atoms with Gasteiger partial charge in [-0.2, -0.15) is 0 Å². The smallest absolute Gasteiger partial charge is 0.134 e. The average molecular weight is 216 g/mol. The van der Waals surface area contributed by atoms with E-state index in [9.17, 15) is 0 Å². The predicted octanol–water partition coefficient (Wildman–Crippen LogP) is 0.717. The molecule has 0 amide bonds. The Morgan fingerprint density at radius 2 is 2.07 bits per heavy atom. The maximum atomic E-state index is 5.52. The normalized spacial score (nSPS) is 36.6. The van der Waals surface area contributed by atoms with Gasteiger partial charge in [0.1, 0.15) is 5.91 Å². The minimum Gasteiger partial charge on any atom is -0.370 e. The Labute approximate surface area is 87.9 Å². The molecule has 0 bridgehead atoms. The van der Waals surface area contributed by atoms with Crippen molar-refractivity contribution in [1.29, 1.82) is 0 Å². The molecule has 3 nitrogen and oxygen atoms in total. The van der Waals surface area contributed by atoms with Crippen LogP contribution in [0, 0.1) is 5.92 Å². The van der Waals surface area contributed by atoms with Crippen LogP contribution in [0.15, 0.2) is 0 Å². The van der Waals surface area contributed by atoms with Gasteiger partial charge in [0, 0.05) is 14.2 Å². The van der Waals surface area contributed by atoms with Gasteiger partial charge in [-0.1, -0.05) is 6.04 Å². The van der Waals surface area contributed by atoms with Crippen molar-refractivity contribution in [3.8, 4) is 0 Å². The van der Waals surface area contributed by atoms with Crippen molar-refractivity contribution in [2.24, 2.45) is 5.92 Å². The first-order valence-corrected chi connectivity index (χ1v) is 7.36. The van der Waals surface area contributed by atoms with Crippen molar-refractivity contribution in [2.45, 2.75) is 43.4 Å². The molecule has 1 aliphatic heterocycles. The highest BCUT2D eigenvalue weighted by molar-refractivity contribution is 6.36. The van der Waals surface area contributed by atoms with E-state index >= 15 is 0 Å². The summed E-state index contributed by atoms with van der Waals surface area (Å²) in [6.07, 6.45) is 5.18. The fourth-order valence-electron chi connectivity index (χ4n) is 2.45. The van der Waals surface area contributed by atoms with Crippen LogP contribution >= 0.6 is 0 Å². The highest BCUT2D eigenvalue weighted by atomic mass is 28.2. The van der Waals surface area contributed by atoms with Crippen molar-refractivity contribution >= 4 is 9.52 Å². The van der Waals surface area contributed by atoms with Crippen molar-refractivity contribution in [2.75, 3.05) is 14.2 Å². The molecule has 14 heavy (non-hydrogen) atoms. The second-order valence-electron chi connectivity index (χ2n) is 4.37. The molecule has 0 aromatic heterocycles. The summed E-state index contributed by atoms with van der Waals surface area (Å²) < 4.78 is 16.0. The molecule has 1 saturated carbocycles. The lowest BCUT2D eigenvalue weighted by Crippen LogP contribution is -2.25. The zero-order valence-electron chi connectivity index (χ0n) is 9.07. The Balaban J connectivity index is 1.64. The standard InChI is InChI=1S/C10H20O3Si/c1-11-10(12-2)14-6-7-3-4-8-9(5-7)13-8/h7-10H,3-6,14H2,1-2H3. The van der Waals surface area contributed by atoms with E-state index in [2.05, 4.69) is 0 Å². The van der Waals surface area contributed by atoms with Crippen LogP contribution in [0.4, 0.5) is 0 Å². The molecule has 2 rings (SSSR count). The Hall–Kier alpha value is 0.0969. The van der Waals surface area contributed by atoms with Crippen molar-refractivity contribution in [1.82, 2.24) is 0 Å². The van der Waals surface area contributed by atoms with Crippen LogP contribution in [0.5, 0.6) is 0 Å². The zero-order chi connectivity index (χ0) is 9.97. The molecule has 0 radical (unpaired) electrons. The second-order valence-corrected chi connectivity index (χ2v) is 6.19. The summed E-state index contributed by atoms with van der Waals surface area (Å²) in [5.41, 5.74) is 0. The van der Waals surface area contributed by atoms with Crippen LogP contribution in [0.25, 0.3) is 0 Å². The molecule has 0 aromatic rings. The molecular formula is C10H20O3Si. The number of fused-ring (bicyclic) bond motifs is 1. The van der Waals surface area contributed by atoms with E-state index in [0.29, 0.717) is 12.2 Å². The lowest BCUT2D eigenvalue weighted by Gasteiger charge is -2.20. The van der Waals surface area contributed by atoms with Gasteiger partial charge < -0.3 is 14.2 Å². The van der Waals surface area contributed by atoms with Gasteiger partial charge >= 0.3 is 0 Å². The predicted molar refractivity (Wildman–Crippen MR) is 57.2 cm³/mol. The lowest BCUT2D eigenvalue weighted by atomic mass is 9.91. The Bertz CT molecular complexity index is 184. The van der Waals surface area contributed by atoms with Crippen molar-refractivity contribution in [3.63, 3.8) is 0 Å². The van der Waals surface area contributed by atoms with E-state index < -0.39 is 0 Å². The van der Waals surface area contributed by atoms with Crippen molar-refractivity contribution in [3.05, 3.63) is 0 Å². The molecule has 82 valence electrons. The SMILES string of the molecule is COC(OC)[SiH2]CC1CCC2OC2C1. The molecular weight excluding hydrogens is 196 g/mol. The van der Waals surface area contributed by atoms with Crippen LogP contribution in [-0.2, 0) is 14.2 Å². The summed E-state index contributed by atoms with van der Waals surface area (Å²) in [6, 6.07) is 1.35. The Morgan fingerprint density at radius 1 is 1.29 bits per heavy atom. The summed E-state index contributed by atoms with van der Waals surface area (Å²) in [4.78, 5) is 0. The first-order chi connectivity index (χ1) is 6.83. The number of rotatable bonds is 5. The second kappa shape index (κ2) is 4.75. The lowest BCUT2D eigenvalue weighted by molar-refractivity contribution is -0.0444. The van der Waals surface area contributed by atoms with Crippen LogP contribution in [0.1, 0.15) is 19.3 Å². The molecule has 0 N–H and O–H groups in total. The number of ether oxygens (including phenoxy) is 3. The van der Waals surface area contributed by atoms with E-state index in [-0.39, 0.29) is 15.4 Å². The topological polar surface area (TPSA) is 31.0 Å². The fourth-order valence-corrected chi connectivity index (χ4v) is 4.19. The Morgan fingerprint density at radius 3 is 2.71 bits per heavy atom. The van der Waals surface area contributed by atoms with E-state index in [1.54, 1.807) is 14.2 Å². The van der Waals surface area contributed by atoms with E-state index in [0.717, 1.165) is 5.92 Å². The van der Waals surface area contributed by atoms with E-state index in [4.69, 9.17) is 14.2 Å². The summed E-state index contributed by atoms with van der Waals surface area (Å²) in [6.45, 7) is 0. The summed E-state index contributed by atoms with van der Waals surface area (Å²) in [7, 11) is 3.25. The summed E-state index contributed by atoms with van der Waals surface area (Å²) in [5.74, 6) is 1.01. The monoisotopic (exact) mass is 216 g/mol. The molecule has 0 aromatic carbocycles. The number of hydrogen-bond acceptors (Lipinski definition) is 3. The maximum Gasteiger partial charge on any atom is 0.134 e. The first-order valence-electron chi connectivity index (χ1n) is 5.54. The number of epoxide rings is 1. The first kappa shape index (κ1) is 10.6. The van der Waals surface area contributed by atoms with Crippen molar-refractivity contribution < 1.29 is 14.2 Å². The minimum absolute atomic E-state index is 0.118. The third-order valence-electron chi connectivity index (χ3n) is 3.45. The average Bonchev–Trinajstić information content (AvgIpc) is 2.97. The molecule has 1 aliphatic carbocycles. The largest absolute Gasteiger partial charge is 0.370 e. The van der Waals surface area contributed by atoms with Crippen LogP contribution in [0.2, 0.25) is 6.04 Å². The molecule has 0 spiro atoms. The quantitative estimate of drug-likeness (QED) is 0.385. The van der Waals surface area contributed by atoms with E-state index in [1.807, 2.05) is 0 Å².